The minimum atomic E-state index is -3.06. The summed E-state index contributed by atoms with van der Waals surface area (Å²) in [6.45, 7) is 2.61. The molecule has 0 radical (unpaired) electrons. The van der Waals surface area contributed by atoms with Crippen LogP contribution < -0.4 is 15.4 Å². The molecule has 114 valence electrons. The van der Waals surface area contributed by atoms with E-state index in [1.807, 2.05) is 6.92 Å². The lowest BCUT2D eigenvalue weighted by Crippen LogP contribution is -2.25. The molecule has 1 aromatic rings. The molecule has 0 aromatic heterocycles. The van der Waals surface area contributed by atoms with Crippen LogP contribution in [0.2, 0.25) is 0 Å². The molecule has 1 rings (SSSR count). The first-order valence-electron chi connectivity index (χ1n) is 6.35. The summed E-state index contributed by atoms with van der Waals surface area (Å²) in [5.74, 6) is -0.385. The van der Waals surface area contributed by atoms with Crippen LogP contribution in [0.3, 0.4) is 0 Å². The Balaban J connectivity index is 2.92. The lowest BCUT2D eigenvalue weighted by Gasteiger charge is -2.21. The largest absolute Gasteiger partial charge is 0.490 e. The molecular formula is C13H21FN2O3S. The van der Waals surface area contributed by atoms with Crippen molar-refractivity contribution in [2.24, 2.45) is 0 Å². The third-order valence-electron chi connectivity index (χ3n) is 2.75. The van der Waals surface area contributed by atoms with E-state index < -0.39 is 15.7 Å². The van der Waals surface area contributed by atoms with Gasteiger partial charge in [-0.25, -0.2) is 12.8 Å². The third-order valence-corrected chi connectivity index (χ3v) is 3.68. The Morgan fingerprint density at radius 1 is 1.40 bits per heavy atom. The van der Waals surface area contributed by atoms with Gasteiger partial charge in [-0.2, -0.15) is 0 Å². The van der Waals surface area contributed by atoms with E-state index in [4.69, 9.17) is 10.5 Å². The van der Waals surface area contributed by atoms with E-state index in [1.54, 1.807) is 11.9 Å². The maximum absolute atomic E-state index is 13.7. The zero-order valence-corrected chi connectivity index (χ0v) is 12.8. The molecule has 0 saturated carbocycles. The summed E-state index contributed by atoms with van der Waals surface area (Å²) in [4.78, 5) is 1.68. The Kier molecular flexibility index (Phi) is 5.62. The van der Waals surface area contributed by atoms with E-state index in [9.17, 15) is 12.8 Å². The number of halogens is 1. The summed E-state index contributed by atoms with van der Waals surface area (Å²) in [5.41, 5.74) is 6.58. The van der Waals surface area contributed by atoms with Gasteiger partial charge in [0.15, 0.2) is 11.6 Å². The normalized spacial score (nSPS) is 11.4. The average Bonchev–Trinajstić information content (AvgIpc) is 2.34. The van der Waals surface area contributed by atoms with Crippen molar-refractivity contribution < 1.29 is 17.5 Å². The number of hydrogen-bond donors (Lipinski definition) is 1. The highest BCUT2D eigenvalue weighted by Crippen LogP contribution is 2.30. The predicted octanol–water partition coefficient (Wildman–Crippen LogP) is 1.68. The molecule has 7 heteroatoms. The number of sulfone groups is 1. The highest BCUT2D eigenvalue weighted by molar-refractivity contribution is 7.90. The van der Waals surface area contributed by atoms with Gasteiger partial charge in [0.1, 0.15) is 9.84 Å². The fraction of sp³-hybridized carbons (Fsp3) is 0.538. The Morgan fingerprint density at radius 3 is 2.60 bits per heavy atom. The van der Waals surface area contributed by atoms with Crippen molar-refractivity contribution in [1.29, 1.82) is 0 Å². The number of benzene rings is 1. The van der Waals surface area contributed by atoms with Crippen molar-refractivity contribution in [3.63, 3.8) is 0 Å². The third kappa shape index (κ3) is 4.88. The molecule has 0 heterocycles. The van der Waals surface area contributed by atoms with Crippen molar-refractivity contribution in [2.45, 2.75) is 13.3 Å². The van der Waals surface area contributed by atoms with Gasteiger partial charge in [-0.1, -0.05) is 6.92 Å². The van der Waals surface area contributed by atoms with E-state index in [-0.39, 0.29) is 23.7 Å². The van der Waals surface area contributed by atoms with Crippen LogP contribution in [-0.2, 0) is 9.84 Å². The molecule has 0 aliphatic rings. The standard InChI is InChI=1S/C13H21FN2O3S/c1-4-6-19-13-9-12(11(15)8-10(13)14)16(2)5-7-20(3,17)18/h8-9H,4-7,15H2,1-3H3. The molecule has 20 heavy (non-hydrogen) atoms. The summed E-state index contributed by atoms with van der Waals surface area (Å²) >= 11 is 0. The number of anilines is 2. The van der Waals surface area contributed by atoms with E-state index in [0.717, 1.165) is 6.42 Å². The predicted molar refractivity (Wildman–Crippen MR) is 79.6 cm³/mol. The van der Waals surface area contributed by atoms with E-state index in [2.05, 4.69) is 0 Å². The van der Waals surface area contributed by atoms with Crippen LogP contribution in [0.1, 0.15) is 13.3 Å². The van der Waals surface area contributed by atoms with Crippen molar-refractivity contribution >= 4 is 21.2 Å². The fourth-order valence-corrected chi connectivity index (χ4v) is 2.24. The summed E-state index contributed by atoms with van der Waals surface area (Å²) in [6.07, 6.45) is 1.94. The lowest BCUT2D eigenvalue weighted by molar-refractivity contribution is 0.301. The molecule has 0 fully saturated rings. The van der Waals surface area contributed by atoms with Gasteiger partial charge >= 0.3 is 0 Å². The lowest BCUT2D eigenvalue weighted by atomic mass is 10.2. The molecule has 0 bridgehead atoms. The molecule has 2 N–H and O–H groups in total. The Morgan fingerprint density at radius 2 is 2.05 bits per heavy atom. The topological polar surface area (TPSA) is 72.6 Å². The van der Waals surface area contributed by atoms with Crippen LogP contribution in [0, 0.1) is 5.82 Å². The first kappa shape index (κ1) is 16.6. The Bertz CT molecular complexity index is 561. The van der Waals surface area contributed by atoms with E-state index >= 15 is 0 Å². The second kappa shape index (κ2) is 6.78. The number of rotatable bonds is 7. The van der Waals surface area contributed by atoms with Gasteiger partial charge < -0.3 is 15.4 Å². The number of nitrogen functional groups attached to an aromatic ring is 1. The van der Waals surface area contributed by atoms with Crippen molar-refractivity contribution in [2.75, 3.05) is 42.8 Å². The molecule has 0 aliphatic heterocycles. The van der Waals surface area contributed by atoms with Crippen LogP contribution >= 0.6 is 0 Å². The summed E-state index contributed by atoms with van der Waals surface area (Å²) < 4.78 is 41.3. The summed E-state index contributed by atoms with van der Waals surface area (Å²) in [5, 5.41) is 0. The molecule has 0 aliphatic carbocycles. The first-order valence-corrected chi connectivity index (χ1v) is 8.41. The van der Waals surface area contributed by atoms with Gasteiger partial charge in [0.25, 0.3) is 0 Å². The van der Waals surface area contributed by atoms with E-state index in [1.165, 1.54) is 18.4 Å². The quantitative estimate of drug-likeness (QED) is 0.776. The van der Waals surface area contributed by atoms with Crippen molar-refractivity contribution in [3.8, 4) is 5.75 Å². The second-order valence-corrected chi connectivity index (χ2v) is 7.00. The average molecular weight is 304 g/mol. The highest BCUT2D eigenvalue weighted by atomic mass is 32.2. The van der Waals surface area contributed by atoms with Gasteiger partial charge in [-0.05, 0) is 6.42 Å². The van der Waals surface area contributed by atoms with Gasteiger partial charge in [-0.15, -0.1) is 0 Å². The van der Waals surface area contributed by atoms with Crippen LogP contribution in [0.25, 0.3) is 0 Å². The van der Waals surface area contributed by atoms with Crippen LogP contribution in [-0.4, -0.2) is 40.6 Å². The number of hydrogen-bond acceptors (Lipinski definition) is 5. The SMILES string of the molecule is CCCOc1cc(N(C)CCS(C)(=O)=O)c(N)cc1F. The molecule has 0 unspecified atom stereocenters. The van der Waals surface area contributed by atoms with Gasteiger partial charge in [-0.3, -0.25) is 0 Å². The van der Waals surface area contributed by atoms with Crippen LogP contribution in [0.5, 0.6) is 5.75 Å². The minimum Gasteiger partial charge on any atom is -0.490 e. The molecule has 0 saturated heterocycles. The molecule has 0 atom stereocenters. The second-order valence-electron chi connectivity index (χ2n) is 4.74. The highest BCUT2D eigenvalue weighted by Gasteiger charge is 2.13. The maximum Gasteiger partial charge on any atom is 0.167 e. The number of ether oxygens (including phenoxy) is 1. The Labute approximate surface area is 119 Å². The summed E-state index contributed by atoms with van der Waals surface area (Å²) in [7, 11) is -1.35. The van der Waals surface area contributed by atoms with Crippen molar-refractivity contribution in [3.05, 3.63) is 17.9 Å². The molecule has 0 spiro atoms. The minimum absolute atomic E-state index is 0.00542. The number of nitrogens with zero attached hydrogens (tertiary/aromatic N) is 1. The Hall–Kier alpha value is -1.50. The van der Waals surface area contributed by atoms with Gasteiger partial charge in [0, 0.05) is 32.0 Å². The van der Waals surface area contributed by atoms with Gasteiger partial charge in [0.2, 0.25) is 0 Å². The summed E-state index contributed by atoms with van der Waals surface area (Å²) in [6, 6.07) is 2.69. The van der Waals surface area contributed by atoms with Crippen molar-refractivity contribution in [1.82, 2.24) is 0 Å². The van der Waals surface area contributed by atoms with Crippen LogP contribution in [0.15, 0.2) is 12.1 Å². The fourth-order valence-electron chi connectivity index (χ4n) is 1.63. The van der Waals surface area contributed by atoms with Crippen LogP contribution in [0.4, 0.5) is 15.8 Å². The smallest absolute Gasteiger partial charge is 0.167 e. The molecular weight excluding hydrogens is 283 g/mol. The zero-order chi connectivity index (χ0) is 15.3. The molecule has 5 nitrogen and oxygen atoms in total. The maximum atomic E-state index is 13.7. The first-order chi connectivity index (χ1) is 9.24. The zero-order valence-electron chi connectivity index (χ0n) is 12.0. The van der Waals surface area contributed by atoms with E-state index in [0.29, 0.717) is 12.3 Å². The number of nitrogens with two attached hydrogens (primary N) is 1. The molecule has 0 amide bonds. The monoisotopic (exact) mass is 304 g/mol. The molecule has 1 aromatic carbocycles. The van der Waals surface area contributed by atoms with Gasteiger partial charge in [0.05, 0.1) is 23.7 Å².